The summed E-state index contributed by atoms with van der Waals surface area (Å²) in [5.41, 5.74) is 2.65. The summed E-state index contributed by atoms with van der Waals surface area (Å²) in [6, 6.07) is 23.9. The molecule has 0 unspecified atom stereocenters. The molecule has 0 aliphatic heterocycles. The standard InChI is InChI=1S/C22H16BrN2O.BrH/c23-20-9-7-17(8-10-20)22(26)14-25-12-11-21(24-15-25)19-6-5-16-3-1-2-4-18(16)13-19;/h1-13,15H,14H2;1H/q+1;/p-1. The Morgan fingerprint density at radius 1 is 0.926 bits per heavy atom. The highest BCUT2D eigenvalue weighted by atomic mass is 79.9. The molecular weight excluding hydrogens is 468 g/mol. The molecule has 1 heterocycles. The van der Waals surface area contributed by atoms with Crippen LogP contribution in [0.2, 0.25) is 0 Å². The SMILES string of the molecule is O=C(C[n+]1ccc(-c2ccc3ccccc3c2)nc1)c1ccc(Br)cc1.[Br-]. The lowest BCUT2D eigenvalue weighted by Gasteiger charge is -2.02. The molecule has 0 fully saturated rings. The third-order valence-electron chi connectivity index (χ3n) is 4.31. The highest BCUT2D eigenvalue weighted by Crippen LogP contribution is 2.22. The second-order valence-electron chi connectivity index (χ2n) is 6.11. The number of ketones is 1. The number of aromatic nitrogens is 2. The van der Waals surface area contributed by atoms with Crippen LogP contribution in [0.25, 0.3) is 22.0 Å². The minimum atomic E-state index is 0. The predicted octanol–water partition coefficient (Wildman–Crippen LogP) is 1.84. The van der Waals surface area contributed by atoms with Crippen LogP contribution in [0.15, 0.2) is 89.8 Å². The van der Waals surface area contributed by atoms with E-state index in [4.69, 9.17) is 0 Å². The van der Waals surface area contributed by atoms with Crippen LogP contribution >= 0.6 is 15.9 Å². The molecule has 0 bridgehead atoms. The highest BCUT2D eigenvalue weighted by Gasteiger charge is 2.12. The zero-order chi connectivity index (χ0) is 17.9. The number of hydrogen-bond acceptors (Lipinski definition) is 2. The molecule has 0 amide bonds. The zero-order valence-electron chi connectivity index (χ0n) is 14.3. The quantitative estimate of drug-likeness (QED) is 0.328. The van der Waals surface area contributed by atoms with Gasteiger partial charge in [0, 0.05) is 21.7 Å². The summed E-state index contributed by atoms with van der Waals surface area (Å²) in [6.07, 6.45) is 3.61. The number of fused-ring (bicyclic) bond motifs is 1. The molecule has 27 heavy (non-hydrogen) atoms. The third-order valence-corrected chi connectivity index (χ3v) is 4.84. The van der Waals surface area contributed by atoms with E-state index >= 15 is 0 Å². The van der Waals surface area contributed by atoms with E-state index in [0.717, 1.165) is 15.7 Å². The van der Waals surface area contributed by atoms with Gasteiger partial charge in [-0.25, -0.2) is 4.57 Å². The van der Waals surface area contributed by atoms with Gasteiger partial charge in [-0.1, -0.05) is 58.4 Å². The fourth-order valence-electron chi connectivity index (χ4n) is 2.89. The second-order valence-corrected chi connectivity index (χ2v) is 7.03. The molecule has 0 spiro atoms. The molecule has 0 atom stereocenters. The summed E-state index contributed by atoms with van der Waals surface area (Å²) in [5, 5.41) is 2.40. The van der Waals surface area contributed by atoms with Crippen molar-refractivity contribution >= 4 is 32.5 Å². The van der Waals surface area contributed by atoms with Gasteiger partial charge in [0.05, 0.1) is 6.20 Å². The number of carbonyl (C=O) groups is 1. The van der Waals surface area contributed by atoms with E-state index in [1.807, 2.05) is 48.7 Å². The third kappa shape index (κ3) is 4.49. The first-order valence-corrected chi connectivity index (χ1v) is 9.11. The van der Waals surface area contributed by atoms with Gasteiger partial charge in [-0.3, -0.25) is 4.79 Å². The number of rotatable bonds is 4. The van der Waals surface area contributed by atoms with Gasteiger partial charge < -0.3 is 17.0 Å². The minimum absolute atomic E-state index is 0. The first-order valence-electron chi connectivity index (χ1n) is 8.32. The number of Topliss-reactive ketones (excluding diaryl/α,β-unsaturated/α-hetero) is 1. The molecule has 4 aromatic rings. The van der Waals surface area contributed by atoms with Gasteiger partial charge in [-0.2, -0.15) is 0 Å². The van der Waals surface area contributed by atoms with Crippen LogP contribution in [0.1, 0.15) is 10.4 Å². The lowest BCUT2D eigenvalue weighted by molar-refractivity contribution is -0.686. The summed E-state index contributed by atoms with van der Waals surface area (Å²) in [7, 11) is 0. The van der Waals surface area contributed by atoms with Gasteiger partial charge in [0.25, 0.3) is 6.33 Å². The van der Waals surface area contributed by atoms with Crippen LogP contribution in [-0.4, -0.2) is 10.8 Å². The Labute approximate surface area is 176 Å². The van der Waals surface area contributed by atoms with Crippen LogP contribution in [0.4, 0.5) is 0 Å². The summed E-state index contributed by atoms with van der Waals surface area (Å²) in [4.78, 5) is 16.9. The van der Waals surface area contributed by atoms with Gasteiger partial charge in [-0.15, -0.1) is 0 Å². The van der Waals surface area contributed by atoms with Crippen molar-refractivity contribution in [1.82, 2.24) is 4.98 Å². The van der Waals surface area contributed by atoms with Crippen LogP contribution in [0.5, 0.6) is 0 Å². The van der Waals surface area contributed by atoms with Crippen molar-refractivity contribution in [3.05, 3.63) is 95.4 Å². The lowest BCUT2D eigenvalue weighted by Crippen LogP contribution is -3.00. The summed E-state index contributed by atoms with van der Waals surface area (Å²) in [5.74, 6) is 0.0581. The van der Waals surface area contributed by atoms with Crippen LogP contribution in [0.3, 0.4) is 0 Å². The summed E-state index contributed by atoms with van der Waals surface area (Å²) >= 11 is 3.38. The Morgan fingerprint density at radius 2 is 1.67 bits per heavy atom. The Morgan fingerprint density at radius 3 is 2.37 bits per heavy atom. The van der Waals surface area contributed by atoms with Gasteiger partial charge in [0.2, 0.25) is 5.78 Å². The minimum Gasteiger partial charge on any atom is -1.00 e. The maximum Gasteiger partial charge on any atom is 0.287 e. The zero-order valence-corrected chi connectivity index (χ0v) is 17.5. The van der Waals surface area contributed by atoms with Crippen molar-refractivity contribution < 1.29 is 26.3 Å². The lowest BCUT2D eigenvalue weighted by atomic mass is 10.1. The topological polar surface area (TPSA) is 33.8 Å². The largest absolute Gasteiger partial charge is 1.00 e. The molecule has 0 N–H and O–H groups in total. The van der Waals surface area contributed by atoms with E-state index in [1.165, 1.54) is 10.8 Å². The number of benzene rings is 3. The van der Waals surface area contributed by atoms with Gasteiger partial charge in [0.15, 0.2) is 12.2 Å². The fourth-order valence-corrected chi connectivity index (χ4v) is 3.15. The molecular formula is C22H16Br2N2O. The molecule has 0 aliphatic rings. The molecule has 3 aromatic carbocycles. The predicted molar refractivity (Wildman–Crippen MR) is 106 cm³/mol. The smallest absolute Gasteiger partial charge is 0.287 e. The number of nitrogens with zero attached hydrogens (tertiary/aromatic N) is 2. The summed E-state index contributed by atoms with van der Waals surface area (Å²) in [6.45, 7) is 0.270. The Balaban J connectivity index is 0.00000210. The Kier molecular flexibility index (Phi) is 6.14. The van der Waals surface area contributed by atoms with Crippen molar-refractivity contribution in [3.8, 4) is 11.3 Å². The number of carbonyl (C=O) groups excluding carboxylic acids is 1. The van der Waals surface area contributed by atoms with Gasteiger partial charge in [-0.05, 0) is 40.0 Å². The second kappa shape index (κ2) is 8.55. The van der Waals surface area contributed by atoms with E-state index in [9.17, 15) is 4.79 Å². The first kappa shape index (κ1) is 19.4. The van der Waals surface area contributed by atoms with Crippen LogP contribution in [0, 0.1) is 0 Å². The first-order chi connectivity index (χ1) is 12.7. The fraction of sp³-hybridized carbons (Fsp3) is 0.0455. The number of halogens is 2. The highest BCUT2D eigenvalue weighted by molar-refractivity contribution is 9.10. The van der Waals surface area contributed by atoms with Crippen molar-refractivity contribution in [2.75, 3.05) is 0 Å². The van der Waals surface area contributed by atoms with Gasteiger partial charge in [0.1, 0.15) is 0 Å². The Hall–Kier alpha value is -2.37. The molecule has 134 valence electrons. The Bertz CT molecular complexity index is 1080. The van der Waals surface area contributed by atoms with Crippen molar-refractivity contribution in [2.24, 2.45) is 0 Å². The average Bonchev–Trinajstić information content (AvgIpc) is 2.68. The van der Waals surface area contributed by atoms with Crippen molar-refractivity contribution in [3.63, 3.8) is 0 Å². The monoisotopic (exact) mass is 482 g/mol. The summed E-state index contributed by atoms with van der Waals surface area (Å²) < 4.78 is 2.76. The molecule has 0 saturated carbocycles. The van der Waals surface area contributed by atoms with E-state index in [1.54, 1.807) is 10.9 Å². The molecule has 3 nitrogen and oxygen atoms in total. The molecule has 0 radical (unpaired) electrons. The average molecular weight is 484 g/mol. The number of hydrogen-bond donors (Lipinski definition) is 0. The van der Waals surface area contributed by atoms with Crippen LogP contribution < -0.4 is 21.5 Å². The van der Waals surface area contributed by atoms with E-state index < -0.39 is 0 Å². The van der Waals surface area contributed by atoms with E-state index in [-0.39, 0.29) is 29.3 Å². The van der Waals surface area contributed by atoms with Crippen LogP contribution in [-0.2, 0) is 6.54 Å². The maximum atomic E-state index is 12.4. The molecule has 0 saturated heterocycles. The maximum absolute atomic E-state index is 12.4. The van der Waals surface area contributed by atoms with Crippen molar-refractivity contribution in [2.45, 2.75) is 6.54 Å². The molecule has 4 rings (SSSR count). The molecule has 5 heteroatoms. The normalized spacial score (nSPS) is 10.4. The van der Waals surface area contributed by atoms with Gasteiger partial charge >= 0.3 is 0 Å². The molecule has 1 aromatic heterocycles. The van der Waals surface area contributed by atoms with E-state index in [0.29, 0.717) is 5.56 Å². The van der Waals surface area contributed by atoms with E-state index in [2.05, 4.69) is 51.2 Å². The van der Waals surface area contributed by atoms with Crippen molar-refractivity contribution in [1.29, 1.82) is 0 Å². The molecule has 0 aliphatic carbocycles.